The van der Waals surface area contributed by atoms with Crippen LogP contribution < -0.4 is 16.4 Å². The van der Waals surface area contributed by atoms with E-state index in [0.717, 1.165) is 10.6 Å². The highest BCUT2D eigenvalue weighted by Gasteiger charge is 2.53. The number of hydrogen-bond acceptors (Lipinski definition) is 6. The summed E-state index contributed by atoms with van der Waals surface area (Å²) in [5.41, 5.74) is 7.06. The van der Waals surface area contributed by atoms with Crippen LogP contribution in [0.25, 0.3) is 0 Å². The molecular formula is C13H9N5S2. The van der Waals surface area contributed by atoms with Crippen LogP contribution in [-0.4, -0.2) is 9.86 Å². The molecule has 2 aliphatic rings. The van der Waals surface area contributed by atoms with Crippen LogP contribution in [0.1, 0.15) is 0 Å². The molecule has 1 spiro atoms. The first-order valence-electron chi connectivity index (χ1n) is 5.79. The molecule has 2 aliphatic heterocycles. The molecule has 0 bridgehead atoms. The molecule has 3 rings (SSSR count). The molecular weight excluding hydrogens is 290 g/mol. The van der Waals surface area contributed by atoms with Gasteiger partial charge in [0.2, 0.25) is 0 Å². The molecule has 20 heavy (non-hydrogen) atoms. The summed E-state index contributed by atoms with van der Waals surface area (Å²) in [6.07, 6.45) is 0. The number of rotatable bonds is 0. The number of anilines is 1. The summed E-state index contributed by atoms with van der Waals surface area (Å²) in [6.45, 7) is 0. The number of hydrogen-bond donors (Lipinski definition) is 3. The summed E-state index contributed by atoms with van der Waals surface area (Å²) in [6, 6.07) is 11.9. The van der Waals surface area contributed by atoms with E-state index in [1.807, 2.05) is 24.3 Å². The zero-order chi connectivity index (χ0) is 14.3. The molecule has 2 atom stereocenters. The van der Waals surface area contributed by atoms with E-state index in [9.17, 15) is 10.5 Å². The van der Waals surface area contributed by atoms with Crippen LogP contribution in [0.4, 0.5) is 5.69 Å². The Morgan fingerprint density at radius 2 is 2.10 bits per heavy atom. The third-order valence-electron chi connectivity index (χ3n) is 3.29. The van der Waals surface area contributed by atoms with Gasteiger partial charge in [0, 0.05) is 10.6 Å². The monoisotopic (exact) mass is 299 g/mol. The third kappa shape index (κ3) is 1.58. The van der Waals surface area contributed by atoms with Crippen LogP contribution in [0.3, 0.4) is 0 Å². The van der Waals surface area contributed by atoms with E-state index in [1.165, 1.54) is 11.8 Å². The number of nitrogens with zero attached hydrogens (tertiary/aromatic N) is 2. The molecule has 98 valence electrons. The average Bonchev–Trinajstić information content (AvgIpc) is 2.78. The molecule has 7 heteroatoms. The summed E-state index contributed by atoms with van der Waals surface area (Å²) < 4.78 is 0. The second kappa shape index (κ2) is 4.41. The van der Waals surface area contributed by atoms with Crippen LogP contribution in [-0.2, 0) is 0 Å². The van der Waals surface area contributed by atoms with Crippen LogP contribution in [0.15, 0.2) is 40.6 Å². The van der Waals surface area contributed by atoms with Crippen molar-refractivity contribution in [2.75, 3.05) is 5.32 Å². The maximum atomic E-state index is 9.46. The van der Waals surface area contributed by atoms with Gasteiger partial charge in [0.15, 0.2) is 0 Å². The minimum Gasteiger partial charge on any atom is -0.384 e. The van der Waals surface area contributed by atoms with Gasteiger partial charge in [-0.2, -0.15) is 10.5 Å². The van der Waals surface area contributed by atoms with Crippen LogP contribution in [0, 0.1) is 28.6 Å². The van der Waals surface area contributed by atoms with Crippen molar-refractivity contribution in [2.24, 2.45) is 11.7 Å². The highest BCUT2D eigenvalue weighted by atomic mass is 32.2. The summed E-state index contributed by atoms with van der Waals surface area (Å²) in [4.78, 5) is 0.356. The fraction of sp³-hybridized carbons (Fsp3) is 0.154. The lowest BCUT2D eigenvalue weighted by molar-refractivity contribution is 0.664. The molecule has 1 aromatic carbocycles. The summed E-state index contributed by atoms with van der Waals surface area (Å²) in [7, 11) is 0. The van der Waals surface area contributed by atoms with Crippen LogP contribution in [0.2, 0.25) is 0 Å². The highest BCUT2D eigenvalue weighted by Crippen LogP contribution is 2.53. The Morgan fingerprint density at radius 1 is 1.35 bits per heavy atom. The van der Waals surface area contributed by atoms with Gasteiger partial charge in [-0.25, -0.2) is 0 Å². The standard InChI is InChI=1S/C13H9N5S2/c14-5-7-11(16)17-12(19)8(6-15)13(7)18-9-3-1-2-4-10(9)20-13/h1-4,8,18H,16H2,(H,17,19). The van der Waals surface area contributed by atoms with Crippen molar-refractivity contribution < 1.29 is 0 Å². The molecule has 0 saturated carbocycles. The van der Waals surface area contributed by atoms with Gasteiger partial charge in [0.25, 0.3) is 0 Å². The fourth-order valence-corrected chi connectivity index (χ4v) is 4.24. The third-order valence-corrected chi connectivity index (χ3v) is 5.06. The van der Waals surface area contributed by atoms with E-state index < -0.39 is 10.8 Å². The van der Waals surface area contributed by atoms with Crippen molar-refractivity contribution in [3.8, 4) is 12.1 Å². The smallest absolute Gasteiger partial charge is 0.150 e. The van der Waals surface area contributed by atoms with Gasteiger partial charge in [-0.05, 0) is 12.1 Å². The number of fused-ring (bicyclic) bond motifs is 1. The Hall–Kier alpha value is -2.22. The summed E-state index contributed by atoms with van der Waals surface area (Å²) in [5.74, 6) is -0.464. The zero-order valence-electron chi connectivity index (χ0n) is 10.2. The molecule has 0 fully saturated rings. The molecule has 0 aromatic heterocycles. The van der Waals surface area contributed by atoms with Crippen molar-refractivity contribution in [1.82, 2.24) is 5.32 Å². The van der Waals surface area contributed by atoms with Gasteiger partial charge in [0.05, 0.1) is 6.07 Å². The van der Waals surface area contributed by atoms with Crippen molar-refractivity contribution in [3.05, 3.63) is 35.7 Å². The number of para-hydroxylation sites is 1. The lowest BCUT2D eigenvalue weighted by atomic mass is 9.90. The number of thioether (sulfide) groups is 1. The molecule has 1 aromatic rings. The number of nitrogens with two attached hydrogens (primary N) is 1. The predicted molar refractivity (Wildman–Crippen MR) is 80.3 cm³/mol. The Bertz CT molecular complexity index is 700. The minimum atomic E-state index is -0.945. The second-order valence-corrected chi connectivity index (χ2v) is 6.14. The summed E-state index contributed by atoms with van der Waals surface area (Å²) >= 11 is 6.62. The molecule has 0 radical (unpaired) electrons. The van der Waals surface area contributed by atoms with Crippen molar-refractivity contribution in [3.63, 3.8) is 0 Å². The number of benzene rings is 1. The average molecular weight is 299 g/mol. The molecule has 4 N–H and O–H groups in total. The molecule has 5 nitrogen and oxygen atoms in total. The van der Waals surface area contributed by atoms with Gasteiger partial charge >= 0.3 is 0 Å². The van der Waals surface area contributed by atoms with E-state index in [-0.39, 0.29) is 5.82 Å². The van der Waals surface area contributed by atoms with E-state index in [4.69, 9.17) is 18.0 Å². The normalized spacial score (nSPS) is 27.3. The lowest BCUT2D eigenvalue weighted by Crippen LogP contribution is -2.54. The van der Waals surface area contributed by atoms with Gasteiger partial charge in [0.1, 0.15) is 33.2 Å². The highest BCUT2D eigenvalue weighted by molar-refractivity contribution is 8.01. The molecule has 0 saturated heterocycles. The Labute approximate surface area is 125 Å². The fourth-order valence-electron chi connectivity index (χ4n) is 2.39. The van der Waals surface area contributed by atoms with E-state index in [0.29, 0.717) is 10.6 Å². The van der Waals surface area contributed by atoms with E-state index >= 15 is 0 Å². The molecule has 0 aliphatic carbocycles. The lowest BCUT2D eigenvalue weighted by Gasteiger charge is -2.37. The number of nitriles is 2. The molecule has 0 amide bonds. The van der Waals surface area contributed by atoms with Gasteiger partial charge in [-0.3, -0.25) is 0 Å². The number of nitrogens with one attached hydrogen (secondary N) is 2. The first-order valence-corrected chi connectivity index (χ1v) is 7.02. The second-order valence-electron chi connectivity index (χ2n) is 4.41. The van der Waals surface area contributed by atoms with Gasteiger partial charge < -0.3 is 16.4 Å². The predicted octanol–water partition coefficient (Wildman–Crippen LogP) is 1.66. The first kappa shape index (κ1) is 12.8. The van der Waals surface area contributed by atoms with Crippen molar-refractivity contribution in [2.45, 2.75) is 9.77 Å². The SMILES string of the molecule is N#CC1=C(N)NC(=S)C(C#N)C12Nc1ccccc1S2. The van der Waals surface area contributed by atoms with Gasteiger partial charge in [-0.1, -0.05) is 36.1 Å². The zero-order valence-corrected chi connectivity index (χ0v) is 11.8. The van der Waals surface area contributed by atoms with Crippen LogP contribution in [0.5, 0.6) is 0 Å². The van der Waals surface area contributed by atoms with Crippen molar-refractivity contribution in [1.29, 1.82) is 10.5 Å². The number of thiocarbonyl (C=S) groups is 1. The minimum absolute atomic E-state index is 0.205. The molecule has 2 unspecified atom stereocenters. The maximum absolute atomic E-state index is 9.46. The quantitative estimate of drug-likeness (QED) is 0.627. The largest absolute Gasteiger partial charge is 0.384 e. The Morgan fingerprint density at radius 3 is 2.75 bits per heavy atom. The summed E-state index contributed by atoms with van der Waals surface area (Å²) in [5, 5.41) is 24.9. The first-order chi connectivity index (χ1) is 9.62. The van der Waals surface area contributed by atoms with Gasteiger partial charge in [-0.15, -0.1) is 0 Å². The van der Waals surface area contributed by atoms with Crippen LogP contribution >= 0.6 is 24.0 Å². The molecule has 2 heterocycles. The van der Waals surface area contributed by atoms with Crippen molar-refractivity contribution >= 4 is 34.7 Å². The van der Waals surface area contributed by atoms with E-state index in [1.54, 1.807) is 0 Å². The Kier molecular flexibility index (Phi) is 2.82. The Balaban J connectivity index is 2.20. The maximum Gasteiger partial charge on any atom is 0.150 e. The topological polar surface area (TPSA) is 97.7 Å². The van der Waals surface area contributed by atoms with E-state index in [2.05, 4.69) is 22.8 Å².